The van der Waals surface area contributed by atoms with Crippen LogP contribution in [0.1, 0.15) is 43.0 Å². The van der Waals surface area contributed by atoms with Crippen LogP contribution in [0.2, 0.25) is 0 Å². The second-order valence-electron chi connectivity index (χ2n) is 7.37. The first kappa shape index (κ1) is 23.8. The molecule has 0 spiro atoms. The number of esters is 1. The van der Waals surface area contributed by atoms with E-state index in [0.717, 1.165) is 12.2 Å². The zero-order chi connectivity index (χ0) is 23.5. The van der Waals surface area contributed by atoms with Crippen LogP contribution in [0.3, 0.4) is 0 Å². The molecular weight excluding hydrogens is 420 g/mol. The summed E-state index contributed by atoms with van der Waals surface area (Å²) in [4.78, 5) is 12.3. The molecule has 0 aromatic heterocycles. The predicted octanol–water partition coefficient (Wildman–Crippen LogP) is 6.99. The Hall–Kier alpha value is -3.87. The highest BCUT2D eigenvalue weighted by atomic mass is 16.5. The Morgan fingerprint density at radius 1 is 0.848 bits per heavy atom. The van der Waals surface area contributed by atoms with Crippen molar-refractivity contribution in [2.45, 2.75) is 32.6 Å². The number of phenols is 1. The van der Waals surface area contributed by atoms with E-state index in [4.69, 9.17) is 14.2 Å². The van der Waals surface area contributed by atoms with Gasteiger partial charge in [-0.1, -0.05) is 26.2 Å². The van der Waals surface area contributed by atoms with Crippen molar-refractivity contribution >= 4 is 17.3 Å². The van der Waals surface area contributed by atoms with Gasteiger partial charge in [-0.05, 0) is 67.1 Å². The lowest BCUT2D eigenvalue weighted by Gasteiger charge is -2.07. The van der Waals surface area contributed by atoms with Gasteiger partial charge in [0.15, 0.2) is 0 Å². The molecule has 33 heavy (non-hydrogen) atoms. The summed E-state index contributed by atoms with van der Waals surface area (Å²) in [5.41, 5.74) is 1.26. The highest BCUT2D eigenvalue weighted by Gasteiger charge is 2.11. The fourth-order valence-electron chi connectivity index (χ4n) is 2.98. The molecule has 3 aromatic rings. The molecule has 0 unspecified atom stereocenters. The molecule has 0 heterocycles. The van der Waals surface area contributed by atoms with E-state index in [1.807, 2.05) is 12.1 Å². The fraction of sp³-hybridized carbons (Fsp3) is 0.269. The molecule has 7 nitrogen and oxygen atoms in total. The van der Waals surface area contributed by atoms with Crippen LogP contribution >= 0.6 is 0 Å². The number of methoxy groups -OCH3 is 1. The van der Waals surface area contributed by atoms with Crippen molar-refractivity contribution < 1.29 is 24.1 Å². The Labute approximate surface area is 193 Å². The summed E-state index contributed by atoms with van der Waals surface area (Å²) in [6.07, 6.45) is 4.64. The van der Waals surface area contributed by atoms with E-state index in [2.05, 4.69) is 17.2 Å². The maximum absolute atomic E-state index is 12.3. The van der Waals surface area contributed by atoms with Crippen LogP contribution in [-0.4, -0.2) is 24.8 Å². The van der Waals surface area contributed by atoms with Crippen molar-refractivity contribution in [2.24, 2.45) is 10.2 Å². The van der Waals surface area contributed by atoms with Crippen LogP contribution in [0.25, 0.3) is 0 Å². The number of azo groups is 1. The number of benzene rings is 3. The van der Waals surface area contributed by atoms with Gasteiger partial charge < -0.3 is 19.3 Å². The highest BCUT2D eigenvalue weighted by molar-refractivity contribution is 5.91. The van der Waals surface area contributed by atoms with Crippen molar-refractivity contribution in [1.82, 2.24) is 0 Å². The predicted molar refractivity (Wildman–Crippen MR) is 126 cm³/mol. The number of carbonyl (C=O) groups is 1. The third-order valence-electron chi connectivity index (χ3n) is 4.86. The standard InChI is InChI=1S/C26H28N2O5/c1-3-4-5-6-17-32-22-13-9-20(10-14-22)27-28-24-16-15-23(18-25(24)29)33-26(30)19-7-11-21(31-2)12-8-19/h7-16,18,29H,3-6,17H2,1-2H3. The number of aromatic hydroxyl groups is 1. The molecule has 172 valence electrons. The molecule has 0 saturated carbocycles. The average molecular weight is 449 g/mol. The van der Waals surface area contributed by atoms with E-state index >= 15 is 0 Å². The summed E-state index contributed by atoms with van der Waals surface area (Å²) in [6, 6.07) is 18.2. The summed E-state index contributed by atoms with van der Waals surface area (Å²) >= 11 is 0. The van der Waals surface area contributed by atoms with E-state index in [1.54, 1.807) is 49.6 Å². The summed E-state index contributed by atoms with van der Waals surface area (Å²) in [7, 11) is 1.55. The number of unbranched alkanes of at least 4 members (excludes halogenated alkanes) is 3. The lowest BCUT2D eigenvalue weighted by molar-refractivity contribution is 0.0734. The normalized spacial score (nSPS) is 10.8. The van der Waals surface area contributed by atoms with Crippen molar-refractivity contribution in [3.8, 4) is 23.0 Å². The first-order valence-corrected chi connectivity index (χ1v) is 10.9. The molecule has 0 aliphatic heterocycles. The molecule has 0 aliphatic carbocycles. The van der Waals surface area contributed by atoms with Crippen LogP contribution in [0, 0.1) is 0 Å². The maximum atomic E-state index is 12.3. The number of ether oxygens (including phenoxy) is 3. The van der Waals surface area contributed by atoms with Gasteiger partial charge >= 0.3 is 5.97 Å². The maximum Gasteiger partial charge on any atom is 0.343 e. The van der Waals surface area contributed by atoms with Crippen LogP contribution in [0.4, 0.5) is 11.4 Å². The highest BCUT2D eigenvalue weighted by Crippen LogP contribution is 2.32. The van der Waals surface area contributed by atoms with Crippen molar-refractivity contribution in [1.29, 1.82) is 0 Å². The van der Waals surface area contributed by atoms with Gasteiger partial charge in [0.2, 0.25) is 0 Å². The Morgan fingerprint density at radius 2 is 1.55 bits per heavy atom. The minimum atomic E-state index is -0.542. The minimum absolute atomic E-state index is 0.147. The number of nitrogens with zero attached hydrogens (tertiary/aromatic N) is 2. The van der Waals surface area contributed by atoms with Gasteiger partial charge in [0.05, 0.1) is 25.0 Å². The second kappa shape index (κ2) is 12.2. The molecule has 0 amide bonds. The SMILES string of the molecule is CCCCCCOc1ccc(N=Nc2ccc(OC(=O)c3ccc(OC)cc3)cc2O)cc1. The van der Waals surface area contributed by atoms with Crippen LogP contribution in [-0.2, 0) is 0 Å². The van der Waals surface area contributed by atoms with Crippen LogP contribution < -0.4 is 14.2 Å². The number of hydrogen-bond acceptors (Lipinski definition) is 7. The van der Waals surface area contributed by atoms with Gasteiger partial charge in [0, 0.05) is 6.07 Å². The molecule has 0 radical (unpaired) electrons. The van der Waals surface area contributed by atoms with Crippen molar-refractivity contribution in [2.75, 3.05) is 13.7 Å². The third kappa shape index (κ3) is 7.35. The number of rotatable bonds is 11. The lowest BCUT2D eigenvalue weighted by atomic mass is 10.2. The average Bonchev–Trinajstić information content (AvgIpc) is 2.84. The summed E-state index contributed by atoms with van der Waals surface area (Å²) in [6.45, 7) is 2.88. The topological polar surface area (TPSA) is 89.7 Å². The van der Waals surface area contributed by atoms with E-state index in [9.17, 15) is 9.90 Å². The zero-order valence-electron chi connectivity index (χ0n) is 18.9. The molecule has 0 saturated heterocycles. The molecular formula is C26H28N2O5. The van der Waals surface area contributed by atoms with Crippen molar-refractivity contribution in [3.05, 3.63) is 72.3 Å². The minimum Gasteiger partial charge on any atom is -0.505 e. The molecule has 7 heteroatoms. The first-order valence-electron chi connectivity index (χ1n) is 10.9. The Kier molecular flexibility index (Phi) is 8.82. The van der Waals surface area contributed by atoms with Gasteiger partial charge in [0.25, 0.3) is 0 Å². The molecule has 0 fully saturated rings. The van der Waals surface area contributed by atoms with Gasteiger partial charge in [-0.15, -0.1) is 5.11 Å². The van der Waals surface area contributed by atoms with E-state index < -0.39 is 5.97 Å². The summed E-state index contributed by atoms with van der Waals surface area (Å²) in [5.74, 6) is 0.942. The van der Waals surface area contributed by atoms with Crippen LogP contribution in [0.5, 0.6) is 23.0 Å². The van der Waals surface area contributed by atoms with Gasteiger partial charge in [-0.2, -0.15) is 5.11 Å². The number of phenolic OH excluding ortho intramolecular Hbond substituents is 1. The number of hydrogen-bond donors (Lipinski definition) is 1. The third-order valence-corrected chi connectivity index (χ3v) is 4.86. The molecule has 1 N–H and O–H groups in total. The Morgan fingerprint density at radius 3 is 2.21 bits per heavy atom. The van der Waals surface area contributed by atoms with E-state index in [0.29, 0.717) is 23.6 Å². The van der Waals surface area contributed by atoms with Gasteiger partial charge in [0.1, 0.15) is 28.7 Å². The Balaban J connectivity index is 1.55. The zero-order valence-corrected chi connectivity index (χ0v) is 18.9. The fourth-order valence-corrected chi connectivity index (χ4v) is 2.98. The summed E-state index contributed by atoms with van der Waals surface area (Å²) < 4.78 is 16.1. The second-order valence-corrected chi connectivity index (χ2v) is 7.37. The lowest BCUT2D eigenvalue weighted by Crippen LogP contribution is -2.08. The molecule has 0 bridgehead atoms. The van der Waals surface area contributed by atoms with E-state index in [1.165, 1.54) is 31.4 Å². The molecule has 3 aromatic carbocycles. The van der Waals surface area contributed by atoms with Crippen LogP contribution in [0.15, 0.2) is 77.0 Å². The molecule has 0 aliphatic rings. The monoisotopic (exact) mass is 448 g/mol. The van der Waals surface area contributed by atoms with Gasteiger partial charge in [-0.25, -0.2) is 4.79 Å². The quantitative estimate of drug-likeness (QED) is 0.148. The largest absolute Gasteiger partial charge is 0.505 e. The first-order chi connectivity index (χ1) is 16.1. The molecule has 0 atom stereocenters. The Bertz CT molecular complexity index is 1060. The number of carbonyl (C=O) groups excluding carboxylic acids is 1. The summed E-state index contributed by atoms with van der Waals surface area (Å²) in [5, 5.41) is 18.5. The van der Waals surface area contributed by atoms with Crippen molar-refractivity contribution in [3.63, 3.8) is 0 Å². The molecule has 3 rings (SSSR count). The van der Waals surface area contributed by atoms with Gasteiger partial charge in [-0.3, -0.25) is 0 Å². The smallest absolute Gasteiger partial charge is 0.343 e. The van der Waals surface area contributed by atoms with E-state index in [-0.39, 0.29) is 17.2 Å².